The van der Waals surface area contributed by atoms with Crippen LogP contribution in [0.25, 0.3) is 22.0 Å². The molecule has 0 saturated heterocycles. The van der Waals surface area contributed by atoms with E-state index in [0.29, 0.717) is 23.6 Å². The summed E-state index contributed by atoms with van der Waals surface area (Å²) >= 11 is 6.62. The van der Waals surface area contributed by atoms with Gasteiger partial charge in [0.2, 0.25) is 15.9 Å². The number of benzene rings is 2. The Morgan fingerprint density at radius 1 is 0.969 bits per heavy atom. The van der Waals surface area contributed by atoms with Gasteiger partial charge in [-0.05, 0) is 87.3 Å². The van der Waals surface area contributed by atoms with Gasteiger partial charge in [0.05, 0.1) is 32.9 Å². The van der Waals surface area contributed by atoms with Crippen molar-refractivity contribution in [3.63, 3.8) is 0 Å². The zero-order valence-corrected chi connectivity index (χ0v) is 36.1. The molecule has 0 spiro atoms. The number of carbonyl (C=O) groups excluding carboxylic acids is 1. The number of amides is 1. The number of anilines is 1. The van der Waals surface area contributed by atoms with Gasteiger partial charge in [0.1, 0.15) is 46.6 Å². The highest BCUT2D eigenvalue weighted by Gasteiger charge is 2.67. The van der Waals surface area contributed by atoms with Crippen molar-refractivity contribution in [3.05, 3.63) is 93.0 Å². The summed E-state index contributed by atoms with van der Waals surface area (Å²) in [6.07, 6.45) is -5.19. The second kappa shape index (κ2) is 16.0. The number of nitrogens with zero attached hydrogens (tertiary/aromatic N) is 5. The van der Waals surface area contributed by atoms with E-state index in [0.717, 1.165) is 23.1 Å². The van der Waals surface area contributed by atoms with E-state index in [4.69, 9.17) is 11.6 Å². The van der Waals surface area contributed by atoms with Crippen molar-refractivity contribution in [1.29, 1.82) is 0 Å². The quantitative estimate of drug-likeness (QED) is 0.0843. The number of carbonyl (C=O) groups is 1. The molecule has 23 heteroatoms. The minimum absolute atomic E-state index is 0.00429. The minimum Gasteiger partial charge on any atom is -0.346 e. The lowest BCUT2D eigenvalue weighted by Gasteiger charge is -2.23. The Morgan fingerprint density at radius 2 is 1.64 bits per heavy atom. The number of hydrogen-bond donors (Lipinski definition) is 2. The number of aromatic nitrogens is 5. The molecule has 340 valence electrons. The molecule has 3 aliphatic rings. The van der Waals surface area contributed by atoms with Crippen LogP contribution >= 0.6 is 11.6 Å². The van der Waals surface area contributed by atoms with Crippen LogP contribution in [0.3, 0.4) is 0 Å². The molecular weight excluding hydrogens is 922 g/mol. The lowest BCUT2D eigenvalue weighted by molar-refractivity contribution is -0.123. The summed E-state index contributed by atoms with van der Waals surface area (Å²) in [6, 6.07) is 6.26. The van der Waals surface area contributed by atoms with E-state index < -0.39 is 115 Å². The van der Waals surface area contributed by atoms with E-state index in [9.17, 15) is 48.0 Å². The second-order valence-electron chi connectivity index (χ2n) is 16.5. The van der Waals surface area contributed by atoms with Crippen LogP contribution in [-0.2, 0) is 50.1 Å². The molecule has 0 bridgehead atoms. The first kappa shape index (κ1) is 45.3. The Hall–Kier alpha value is -5.27. The fourth-order valence-corrected chi connectivity index (χ4v) is 9.72. The molecular formula is C41H36ClF8N7O5S2. The fraction of sp³-hybridized carbons (Fsp3) is 0.415. The van der Waals surface area contributed by atoms with Crippen LogP contribution in [0.5, 0.6) is 0 Å². The van der Waals surface area contributed by atoms with Crippen molar-refractivity contribution < 1.29 is 56.8 Å². The summed E-state index contributed by atoms with van der Waals surface area (Å²) in [5.74, 6) is -3.94. The molecule has 2 saturated carbocycles. The molecule has 12 nitrogen and oxygen atoms in total. The van der Waals surface area contributed by atoms with Crippen molar-refractivity contribution in [1.82, 2.24) is 29.9 Å². The highest BCUT2D eigenvalue weighted by molar-refractivity contribution is 7.93. The van der Waals surface area contributed by atoms with E-state index in [2.05, 4.69) is 37.1 Å². The average molecular weight is 958 g/mol. The average Bonchev–Trinajstić information content (AvgIpc) is 4.10. The Morgan fingerprint density at radius 3 is 2.27 bits per heavy atom. The Balaban J connectivity index is 1.31. The maximum Gasteiger partial charge on any atom is 0.293 e. The number of rotatable bonds is 14. The molecule has 3 aromatic heterocycles. The molecule has 3 atom stereocenters. The monoisotopic (exact) mass is 957 g/mol. The molecule has 2 unspecified atom stereocenters. The van der Waals surface area contributed by atoms with Gasteiger partial charge >= 0.3 is 0 Å². The Kier molecular flexibility index (Phi) is 11.3. The maximum atomic E-state index is 15.5. The lowest BCUT2D eigenvalue weighted by atomic mass is 9.93. The normalized spacial score (nSPS) is 18.5. The van der Waals surface area contributed by atoms with E-state index in [1.807, 2.05) is 0 Å². The van der Waals surface area contributed by atoms with Gasteiger partial charge < -0.3 is 5.32 Å². The summed E-state index contributed by atoms with van der Waals surface area (Å²) in [5, 5.41) is 9.50. The third-order valence-electron chi connectivity index (χ3n) is 11.5. The molecule has 64 heavy (non-hydrogen) atoms. The SMILES string of the molecule is CC(C)(C#Cc1ccc(-c2ccc(Cl)c3c(NS(=O)(=O)C4CC4)nn(CC(F)F)c23)c(C(Cc2cc(F)cc(F)c2)NC(=O)Cn2nc(C(F)F)c3c2C(F)(F)[C@@H]2CC32)n1)S(C)(=O)=O. The zero-order chi connectivity index (χ0) is 46.4. The summed E-state index contributed by atoms with van der Waals surface area (Å²) in [5.41, 5.74) is -2.62. The van der Waals surface area contributed by atoms with Gasteiger partial charge in [0.15, 0.2) is 15.7 Å². The predicted octanol–water partition coefficient (Wildman–Crippen LogP) is 7.82. The third kappa shape index (κ3) is 8.53. The summed E-state index contributed by atoms with van der Waals surface area (Å²) in [7, 11) is -7.83. The molecule has 1 amide bonds. The van der Waals surface area contributed by atoms with Crippen molar-refractivity contribution in [2.45, 2.75) is 93.4 Å². The first-order chi connectivity index (χ1) is 29.9. The van der Waals surface area contributed by atoms with Gasteiger partial charge in [-0.2, -0.15) is 19.0 Å². The lowest BCUT2D eigenvalue weighted by Crippen LogP contribution is -2.35. The highest BCUT2D eigenvalue weighted by atomic mass is 35.5. The smallest absolute Gasteiger partial charge is 0.293 e. The number of sulfone groups is 1. The molecule has 0 radical (unpaired) electrons. The van der Waals surface area contributed by atoms with Crippen molar-refractivity contribution in [3.8, 4) is 23.0 Å². The molecule has 5 aromatic rings. The van der Waals surface area contributed by atoms with Crippen LogP contribution in [0.1, 0.15) is 85.4 Å². The maximum absolute atomic E-state index is 15.5. The number of fused-ring (bicyclic) bond motifs is 4. The van der Waals surface area contributed by atoms with Crippen molar-refractivity contribution in [2.24, 2.45) is 5.92 Å². The van der Waals surface area contributed by atoms with Crippen molar-refractivity contribution >= 4 is 54.1 Å². The van der Waals surface area contributed by atoms with Gasteiger partial charge in [0.25, 0.3) is 18.8 Å². The summed E-state index contributed by atoms with van der Waals surface area (Å²) in [6.45, 7) is 0.542. The second-order valence-corrected chi connectivity index (χ2v) is 21.5. The van der Waals surface area contributed by atoms with Crippen LogP contribution in [0.15, 0.2) is 42.5 Å². The Bertz CT molecular complexity index is 3020. The topological polar surface area (TPSA) is 158 Å². The summed E-state index contributed by atoms with van der Waals surface area (Å²) < 4.78 is 170. The van der Waals surface area contributed by atoms with Gasteiger partial charge in [-0.25, -0.2) is 48.2 Å². The molecule has 8 rings (SSSR count). The van der Waals surface area contributed by atoms with Gasteiger partial charge in [-0.3, -0.25) is 18.9 Å². The molecule has 3 aliphatic carbocycles. The number of pyridine rings is 1. The van der Waals surface area contributed by atoms with Crippen LogP contribution in [0.4, 0.5) is 40.9 Å². The first-order valence-corrected chi connectivity index (χ1v) is 23.4. The Labute approximate surface area is 365 Å². The van der Waals surface area contributed by atoms with Crippen LogP contribution in [0, 0.1) is 29.4 Å². The predicted molar refractivity (Wildman–Crippen MR) is 218 cm³/mol. The molecule has 0 aliphatic heterocycles. The third-order valence-corrected chi connectivity index (χ3v) is 15.6. The van der Waals surface area contributed by atoms with Crippen molar-refractivity contribution in [2.75, 3.05) is 11.0 Å². The zero-order valence-electron chi connectivity index (χ0n) is 33.7. The summed E-state index contributed by atoms with van der Waals surface area (Å²) in [4.78, 5) is 18.7. The molecule has 2 fully saturated rings. The standard InChI is InChI=1S/C41H36ClF8N7O5S2/c1-40(2,63(3,59)60)11-10-22-4-7-24(25-8-9-28(42)33-36(25)56(17-30(45)46)54-39(33)55-64(61,62)23-5-6-23)34(51-22)29(14-19-12-20(43)15-21(44)13-19)52-31(58)18-57-37-32(35(53-57)38(47)48)26-16-27(26)41(37,49)50/h4,7-9,12-13,15,23,26-27,29-30,38H,5-6,14,16-18H2,1-3H3,(H,52,58)(H,54,55)/t26?,27-,29?/m1/s1. The van der Waals surface area contributed by atoms with E-state index in [-0.39, 0.29) is 61.8 Å². The largest absolute Gasteiger partial charge is 0.346 e. The number of alkyl halides is 6. The number of halogens is 9. The van der Waals surface area contributed by atoms with E-state index in [1.54, 1.807) is 0 Å². The van der Waals surface area contributed by atoms with Gasteiger partial charge in [-0.1, -0.05) is 23.6 Å². The van der Waals surface area contributed by atoms with Gasteiger partial charge in [0, 0.05) is 34.9 Å². The van der Waals surface area contributed by atoms with Crippen LogP contribution in [-0.4, -0.2) is 70.0 Å². The van der Waals surface area contributed by atoms with Crippen LogP contribution in [0.2, 0.25) is 5.02 Å². The molecule has 3 heterocycles. The number of sulfonamides is 1. The number of nitrogens with one attached hydrogen (secondary N) is 2. The highest BCUT2D eigenvalue weighted by Crippen LogP contribution is 2.68. The molecule has 2 aromatic carbocycles. The number of hydrogen-bond acceptors (Lipinski definition) is 8. The fourth-order valence-electron chi connectivity index (χ4n) is 7.91. The van der Waals surface area contributed by atoms with E-state index in [1.165, 1.54) is 38.1 Å². The van der Waals surface area contributed by atoms with Crippen LogP contribution < -0.4 is 10.0 Å². The first-order valence-electron chi connectivity index (χ1n) is 19.6. The molecule has 2 N–H and O–H groups in total. The van der Waals surface area contributed by atoms with Gasteiger partial charge in [-0.15, -0.1) is 0 Å². The minimum atomic E-state index is -4.04. The van der Waals surface area contributed by atoms with E-state index >= 15 is 8.78 Å².